The second-order valence-electron chi connectivity index (χ2n) is 4.85. The third-order valence-electron chi connectivity index (χ3n) is 3.14. The van der Waals surface area contributed by atoms with Crippen LogP contribution >= 0.6 is 0 Å². The third-order valence-corrected chi connectivity index (χ3v) is 3.14. The summed E-state index contributed by atoms with van der Waals surface area (Å²) < 4.78 is 51.2. The van der Waals surface area contributed by atoms with Crippen LogP contribution in [-0.2, 0) is 19.0 Å². The van der Waals surface area contributed by atoms with Gasteiger partial charge in [-0.2, -0.15) is 13.2 Å². The van der Waals surface area contributed by atoms with E-state index in [2.05, 4.69) is 0 Å². The zero-order chi connectivity index (χ0) is 15.5. The van der Waals surface area contributed by atoms with Gasteiger partial charge in [-0.15, -0.1) is 0 Å². The highest BCUT2D eigenvalue weighted by Crippen LogP contribution is 2.29. The summed E-state index contributed by atoms with van der Waals surface area (Å²) in [6, 6.07) is 10.8. The predicted molar refractivity (Wildman–Crippen MR) is 71.3 cm³/mol. The molecule has 0 fully saturated rings. The molecule has 0 amide bonds. The number of aliphatic hydroxyl groups is 1. The van der Waals surface area contributed by atoms with Gasteiger partial charge >= 0.3 is 6.18 Å². The van der Waals surface area contributed by atoms with Crippen LogP contribution in [-0.4, -0.2) is 11.2 Å². The predicted octanol–water partition coefficient (Wildman–Crippen LogP) is 3.99. The molecule has 112 valence electrons. The average Bonchev–Trinajstić information content (AvgIpc) is 2.41. The summed E-state index contributed by atoms with van der Waals surface area (Å²) in [4.78, 5) is 0. The fraction of sp³-hybridized carbons (Fsp3) is 0.250. The second kappa shape index (κ2) is 6.26. The fourth-order valence-corrected chi connectivity index (χ4v) is 2.14. The monoisotopic (exact) mass is 298 g/mol. The van der Waals surface area contributed by atoms with Crippen molar-refractivity contribution in [3.63, 3.8) is 0 Å². The molecule has 1 nitrogen and oxygen atoms in total. The van der Waals surface area contributed by atoms with Crippen molar-refractivity contribution in [2.24, 2.45) is 0 Å². The van der Waals surface area contributed by atoms with Crippen LogP contribution in [0.1, 0.15) is 16.7 Å². The molecule has 0 saturated heterocycles. The van der Waals surface area contributed by atoms with Crippen LogP contribution in [0.15, 0.2) is 48.5 Å². The molecule has 0 aliphatic carbocycles. The van der Waals surface area contributed by atoms with Gasteiger partial charge in [-0.3, -0.25) is 0 Å². The Morgan fingerprint density at radius 2 is 1.67 bits per heavy atom. The maximum atomic E-state index is 13.4. The van der Waals surface area contributed by atoms with Crippen molar-refractivity contribution in [2.75, 3.05) is 0 Å². The molecular formula is C16H14F4O. The lowest BCUT2D eigenvalue weighted by atomic mass is 9.99. The third kappa shape index (κ3) is 4.29. The fourth-order valence-electron chi connectivity index (χ4n) is 2.14. The van der Waals surface area contributed by atoms with Crippen LogP contribution in [0.2, 0.25) is 0 Å². The Kier molecular flexibility index (Phi) is 4.63. The smallest absolute Gasteiger partial charge is 0.392 e. The summed E-state index contributed by atoms with van der Waals surface area (Å²) in [5, 5.41) is 9.93. The first kappa shape index (κ1) is 15.5. The Bertz CT molecular complexity index is 607. The normalized spacial score (nSPS) is 13.2. The maximum Gasteiger partial charge on any atom is 0.416 e. The number of halogens is 4. The molecular weight excluding hydrogens is 284 g/mol. The molecule has 0 heterocycles. The molecule has 1 unspecified atom stereocenters. The van der Waals surface area contributed by atoms with Crippen molar-refractivity contribution >= 4 is 0 Å². The summed E-state index contributed by atoms with van der Waals surface area (Å²) in [6.07, 6.45) is -5.25. The van der Waals surface area contributed by atoms with Gasteiger partial charge in [0.2, 0.25) is 0 Å². The molecule has 2 aromatic rings. The van der Waals surface area contributed by atoms with Gasteiger partial charge in [0.15, 0.2) is 0 Å². The number of hydrogen-bond donors (Lipinski definition) is 1. The van der Waals surface area contributed by atoms with E-state index in [1.807, 2.05) is 0 Å². The van der Waals surface area contributed by atoms with Crippen LogP contribution < -0.4 is 0 Å². The highest BCUT2D eigenvalue weighted by atomic mass is 19.4. The summed E-state index contributed by atoms with van der Waals surface area (Å²) in [6.45, 7) is 0. The summed E-state index contributed by atoms with van der Waals surface area (Å²) in [7, 11) is 0. The Morgan fingerprint density at radius 1 is 0.952 bits per heavy atom. The molecule has 0 aromatic heterocycles. The van der Waals surface area contributed by atoms with Gasteiger partial charge in [-0.05, 0) is 29.7 Å². The van der Waals surface area contributed by atoms with E-state index in [-0.39, 0.29) is 12.8 Å². The van der Waals surface area contributed by atoms with Crippen molar-refractivity contribution in [3.8, 4) is 0 Å². The molecule has 5 heteroatoms. The van der Waals surface area contributed by atoms with E-state index >= 15 is 0 Å². The first-order chi connectivity index (χ1) is 9.86. The second-order valence-corrected chi connectivity index (χ2v) is 4.85. The van der Waals surface area contributed by atoms with Crippen LogP contribution in [0, 0.1) is 5.82 Å². The average molecular weight is 298 g/mol. The molecule has 0 aliphatic heterocycles. The van der Waals surface area contributed by atoms with E-state index in [0.717, 1.165) is 12.1 Å². The van der Waals surface area contributed by atoms with Gasteiger partial charge in [0.05, 0.1) is 11.7 Å². The van der Waals surface area contributed by atoms with Crippen molar-refractivity contribution in [1.82, 2.24) is 0 Å². The van der Waals surface area contributed by atoms with Crippen LogP contribution in [0.4, 0.5) is 17.6 Å². The molecule has 0 aliphatic rings. The van der Waals surface area contributed by atoms with Gasteiger partial charge in [-0.25, -0.2) is 4.39 Å². The standard InChI is InChI=1S/C16H14F4O/c17-15-7-2-1-5-12(15)10-14(21)9-11-4-3-6-13(8-11)16(18,19)20/h1-8,14,21H,9-10H2. The van der Waals surface area contributed by atoms with E-state index < -0.39 is 23.7 Å². The van der Waals surface area contributed by atoms with Crippen molar-refractivity contribution in [2.45, 2.75) is 25.1 Å². The van der Waals surface area contributed by atoms with E-state index in [4.69, 9.17) is 0 Å². The minimum absolute atomic E-state index is 0.0399. The lowest BCUT2D eigenvalue weighted by Crippen LogP contribution is -2.15. The van der Waals surface area contributed by atoms with Crippen molar-refractivity contribution in [1.29, 1.82) is 0 Å². The zero-order valence-corrected chi connectivity index (χ0v) is 11.1. The maximum absolute atomic E-state index is 13.4. The van der Waals surface area contributed by atoms with Crippen molar-refractivity contribution in [3.05, 3.63) is 71.0 Å². The Balaban J connectivity index is 2.06. The summed E-state index contributed by atoms with van der Waals surface area (Å²) in [5.41, 5.74) is -0.0382. The van der Waals surface area contributed by atoms with Gasteiger partial charge in [-0.1, -0.05) is 36.4 Å². The quantitative estimate of drug-likeness (QED) is 0.846. The van der Waals surface area contributed by atoms with E-state index in [1.165, 1.54) is 24.3 Å². The lowest BCUT2D eigenvalue weighted by Gasteiger charge is -2.13. The Labute approximate surface area is 119 Å². The Hall–Kier alpha value is -1.88. The number of aliphatic hydroxyl groups excluding tert-OH is 1. The summed E-state index contributed by atoms with van der Waals surface area (Å²) >= 11 is 0. The minimum atomic E-state index is -4.41. The highest BCUT2D eigenvalue weighted by molar-refractivity contribution is 5.26. The first-order valence-electron chi connectivity index (χ1n) is 6.44. The van der Waals surface area contributed by atoms with Crippen LogP contribution in [0.3, 0.4) is 0 Å². The highest BCUT2D eigenvalue weighted by Gasteiger charge is 2.30. The van der Waals surface area contributed by atoms with E-state index in [1.54, 1.807) is 12.1 Å². The molecule has 1 N–H and O–H groups in total. The molecule has 1 atom stereocenters. The molecule has 0 spiro atoms. The molecule has 2 aromatic carbocycles. The first-order valence-corrected chi connectivity index (χ1v) is 6.44. The van der Waals surface area contributed by atoms with Gasteiger partial charge in [0.1, 0.15) is 5.82 Å². The molecule has 21 heavy (non-hydrogen) atoms. The van der Waals surface area contributed by atoms with Gasteiger partial charge < -0.3 is 5.11 Å². The summed E-state index contributed by atoms with van der Waals surface area (Å²) in [5.74, 6) is -0.430. The van der Waals surface area contributed by atoms with Crippen LogP contribution in [0.25, 0.3) is 0 Å². The molecule has 0 bridgehead atoms. The van der Waals surface area contributed by atoms with Gasteiger partial charge in [0, 0.05) is 6.42 Å². The lowest BCUT2D eigenvalue weighted by molar-refractivity contribution is -0.137. The van der Waals surface area contributed by atoms with E-state index in [9.17, 15) is 22.7 Å². The number of benzene rings is 2. The molecule has 0 saturated carbocycles. The van der Waals surface area contributed by atoms with Crippen LogP contribution in [0.5, 0.6) is 0 Å². The van der Waals surface area contributed by atoms with Gasteiger partial charge in [0.25, 0.3) is 0 Å². The number of rotatable bonds is 4. The number of hydrogen-bond acceptors (Lipinski definition) is 1. The molecule has 2 rings (SSSR count). The zero-order valence-electron chi connectivity index (χ0n) is 11.1. The van der Waals surface area contributed by atoms with E-state index in [0.29, 0.717) is 11.1 Å². The largest absolute Gasteiger partial charge is 0.416 e. The topological polar surface area (TPSA) is 20.2 Å². The molecule has 0 radical (unpaired) electrons. The Morgan fingerprint density at radius 3 is 2.33 bits per heavy atom. The van der Waals surface area contributed by atoms with Crippen molar-refractivity contribution < 1.29 is 22.7 Å². The SMILES string of the molecule is OC(Cc1cccc(C(F)(F)F)c1)Cc1ccccc1F. The minimum Gasteiger partial charge on any atom is -0.392 e. The number of alkyl halides is 3.